The smallest absolute Gasteiger partial charge is 0.253 e. The van der Waals surface area contributed by atoms with Gasteiger partial charge in [0.2, 0.25) is 0 Å². The van der Waals surface area contributed by atoms with Crippen molar-refractivity contribution in [3.05, 3.63) is 58.6 Å². The SMILES string of the molecule is Cc1ccc(-c2ccc(CN3CCC(CC#N)(N/C=C(/C(N)=O)C(N)=NC(=O)C4CC4)CC3)cc2)s1. The van der Waals surface area contributed by atoms with Crippen molar-refractivity contribution >= 4 is 29.0 Å². The highest BCUT2D eigenvalue weighted by atomic mass is 32.1. The van der Waals surface area contributed by atoms with Gasteiger partial charge in [0.15, 0.2) is 0 Å². The number of primary amides is 1. The molecule has 1 aromatic carbocycles. The summed E-state index contributed by atoms with van der Waals surface area (Å²) in [7, 11) is 0. The Hall–Kier alpha value is -3.48. The molecule has 0 bridgehead atoms. The van der Waals surface area contributed by atoms with E-state index in [4.69, 9.17) is 11.5 Å². The standard InChI is InChI=1S/C27H32N6O2S/c1-18-2-9-23(36-18)20-5-3-19(4-6-20)17-33-14-11-27(10-13-28,12-15-33)31-16-22(25(30)34)24(29)32-26(35)21-7-8-21/h2-6,9,16,21,31H,7-8,10-12,14-15,17H2,1H3,(H2,30,34)(H2,29,32,35)/b22-16+. The Kier molecular flexibility index (Phi) is 7.87. The summed E-state index contributed by atoms with van der Waals surface area (Å²) in [6.45, 7) is 4.54. The number of likely N-dealkylation sites (tertiary alicyclic amines) is 1. The molecule has 0 radical (unpaired) electrons. The van der Waals surface area contributed by atoms with Crippen LogP contribution in [-0.4, -0.2) is 41.2 Å². The van der Waals surface area contributed by atoms with Gasteiger partial charge in [0.1, 0.15) is 5.84 Å². The fraction of sp³-hybridized carbons (Fsp3) is 0.407. The summed E-state index contributed by atoms with van der Waals surface area (Å²) >= 11 is 1.79. The number of nitrogens with zero attached hydrogens (tertiary/aromatic N) is 3. The van der Waals surface area contributed by atoms with Crippen LogP contribution in [0.5, 0.6) is 0 Å². The number of aliphatic imine (C=N–C) groups is 1. The van der Waals surface area contributed by atoms with Crippen molar-refractivity contribution in [1.82, 2.24) is 10.2 Å². The van der Waals surface area contributed by atoms with E-state index < -0.39 is 11.4 Å². The molecule has 188 valence electrons. The second-order valence-corrected chi connectivity index (χ2v) is 11.0. The number of nitrogens with two attached hydrogens (primary N) is 2. The molecular weight excluding hydrogens is 472 g/mol. The number of carbonyl (C=O) groups excluding carboxylic acids is 2. The summed E-state index contributed by atoms with van der Waals surface area (Å²) in [4.78, 5) is 32.8. The van der Waals surface area contributed by atoms with E-state index >= 15 is 0 Å². The van der Waals surface area contributed by atoms with Gasteiger partial charge < -0.3 is 16.8 Å². The van der Waals surface area contributed by atoms with Crippen LogP contribution in [-0.2, 0) is 16.1 Å². The van der Waals surface area contributed by atoms with E-state index in [1.807, 2.05) is 0 Å². The van der Waals surface area contributed by atoms with Gasteiger partial charge in [-0.1, -0.05) is 24.3 Å². The van der Waals surface area contributed by atoms with Gasteiger partial charge >= 0.3 is 0 Å². The van der Waals surface area contributed by atoms with Crippen LogP contribution >= 0.6 is 11.3 Å². The molecule has 2 aliphatic rings. The molecule has 36 heavy (non-hydrogen) atoms. The third-order valence-corrected chi connectivity index (χ3v) is 7.89. The average Bonchev–Trinajstić information content (AvgIpc) is 3.62. The predicted molar refractivity (Wildman–Crippen MR) is 142 cm³/mol. The molecule has 4 rings (SSSR count). The highest BCUT2D eigenvalue weighted by Gasteiger charge is 2.34. The monoisotopic (exact) mass is 504 g/mol. The van der Waals surface area contributed by atoms with E-state index in [-0.39, 0.29) is 29.7 Å². The number of piperidine rings is 1. The number of nitrogens with one attached hydrogen (secondary N) is 1. The first-order chi connectivity index (χ1) is 17.3. The van der Waals surface area contributed by atoms with Crippen molar-refractivity contribution in [2.45, 2.75) is 51.1 Å². The Morgan fingerprint density at radius 3 is 2.44 bits per heavy atom. The van der Waals surface area contributed by atoms with Gasteiger partial charge in [-0.15, -0.1) is 11.3 Å². The molecule has 0 spiro atoms. The molecule has 0 unspecified atom stereocenters. The molecular formula is C27H32N6O2S. The Balaban J connectivity index is 1.38. The van der Waals surface area contributed by atoms with Gasteiger partial charge in [-0.3, -0.25) is 14.5 Å². The molecule has 2 aromatic rings. The lowest BCUT2D eigenvalue weighted by atomic mass is 9.84. The summed E-state index contributed by atoms with van der Waals surface area (Å²) in [6, 6.07) is 15.2. The third kappa shape index (κ3) is 6.39. The minimum atomic E-state index is -0.766. The molecule has 1 aliphatic heterocycles. The van der Waals surface area contributed by atoms with E-state index in [9.17, 15) is 14.9 Å². The van der Waals surface area contributed by atoms with Crippen LogP contribution in [0.3, 0.4) is 0 Å². The van der Waals surface area contributed by atoms with Crippen molar-refractivity contribution in [1.29, 1.82) is 5.26 Å². The maximum absolute atomic E-state index is 12.0. The third-order valence-electron chi connectivity index (χ3n) is 6.84. The Morgan fingerprint density at radius 2 is 1.89 bits per heavy atom. The lowest BCUT2D eigenvalue weighted by Crippen LogP contribution is -2.51. The number of hydrogen-bond donors (Lipinski definition) is 3. The quantitative estimate of drug-likeness (QED) is 0.272. The van der Waals surface area contributed by atoms with Crippen LogP contribution in [0.15, 0.2) is 53.2 Å². The van der Waals surface area contributed by atoms with Crippen molar-refractivity contribution in [2.24, 2.45) is 22.4 Å². The van der Waals surface area contributed by atoms with Crippen molar-refractivity contribution in [3.63, 3.8) is 0 Å². The van der Waals surface area contributed by atoms with Crippen LogP contribution in [0.1, 0.15) is 42.5 Å². The maximum Gasteiger partial charge on any atom is 0.253 e. The molecule has 2 fully saturated rings. The molecule has 0 atom stereocenters. The highest BCUT2D eigenvalue weighted by molar-refractivity contribution is 7.15. The number of benzene rings is 1. The Bertz CT molecular complexity index is 1210. The number of amides is 2. The number of aryl methyl sites for hydroxylation is 1. The van der Waals surface area contributed by atoms with Crippen LogP contribution < -0.4 is 16.8 Å². The fourth-order valence-corrected chi connectivity index (χ4v) is 5.25. The summed E-state index contributed by atoms with van der Waals surface area (Å²) in [5, 5.41) is 12.7. The van der Waals surface area contributed by atoms with Gasteiger partial charge in [0.05, 0.1) is 23.6 Å². The van der Waals surface area contributed by atoms with E-state index in [0.717, 1.165) is 32.5 Å². The van der Waals surface area contributed by atoms with Gasteiger partial charge in [0, 0.05) is 41.5 Å². The van der Waals surface area contributed by atoms with E-state index in [2.05, 4.69) is 64.6 Å². The lowest BCUT2D eigenvalue weighted by molar-refractivity contribution is -0.118. The zero-order valence-corrected chi connectivity index (χ0v) is 21.3. The van der Waals surface area contributed by atoms with Crippen molar-refractivity contribution in [3.8, 4) is 16.5 Å². The number of nitriles is 1. The van der Waals surface area contributed by atoms with Gasteiger partial charge in [-0.25, -0.2) is 0 Å². The molecule has 9 heteroatoms. The first kappa shape index (κ1) is 25.6. The number of amidine groups is 1. The summed E-state index contributed by atoms with van der Waals surface area (Å²) < 4.78 is 0. The molecule has 5 N–H and O–H groups in total. The largest absolute Gasteiger partial charge is 0.384 e. The molecule has 2 amide bonds. The molecule has 8 nitrogen and oxygen atoms in total. The molecule has 1 saturated carbocycles. The summed E-state index contributed by atoms with van der Waals surface area (Å²) in [5.74, 6) is -1.37. The Morgan fingerprint density at radius 1 is 1.19 bits per heavy atom. The van der Waals surface area contributed by atoms with Crippen LogP contribution in [0.4, 0.5) is 0 Å². The van der Waals surface area contributed by atoms with Crippen molar-refractivity contribution in [2.75, 3.05) is 13.1 Å². The zero-order chi connectivity index (χ0) is 25.7. The van der Waals surface area contributed by atoms with Crippen molar-refractivity contribution < 1.29 is 9.59 Å². The maximum atomic E-state index is 12.0. The van der Waals surface area contributed by atoms with Gasteiger partial charge in [0.25, 0.3) is 11.8 Å². The van der Waals surface area contributed by atoms with E-state index in [0.29, 0.717) is 12.8 Å². The topological polar surface area (TPSA) is 138 Å². The lowest BCUT2D eigenvalue weighted by Gasteiger charge is -2.41. The highest BCUT2D eigenvalue weighted by Crippen LogP contribution is 2.31. The molecule has 2 heterocycles. The minimum Gasteiger partial charge on any atom is -0.384 e. The predicted octanol–water partition coefficient (Wildman–Crippen LogP) is 3.22. The molecule has 1 aliphatic carbocycles. The fourth-order valence-electron chi connectivity index (χ4n) is 4.38. The van der Waals surface area contributed by atoms with Crippen LogP contribution in [0.25, 0.3) is 10.4 Å². The first-order valence-electron chi connectivity index (χ1n) is 12.2. The minimum absolute atomic E-state index is 0.0373. The summed E-state index contributed by atoms with van der Waals surface area (Å²) in [5.41, 5.74) is 13.4. The summed E-state index contributed by atoms with van der Waals surface area (Å²) in [6.07, 6.45) is 4.73. The Labute approximate surface area is 215 Å². The van der Waals surface area contributed by atoms with Gasteiger partial charge in [-0.05, 0) is 55.9 Å². The number of hydrogen-bond acceptors (Lipinski definition) is 6. The molecule has 1 saturated heterocycles. The first-order valence-corrected chi connectivity index (χ1v) is 13.0. The van der Waals surface area contributed by atoms with Crippen LogP contribution in [0, 0.1) is 24.2 Å². The average molecular weight is 505 g/mol. The number of carbonyl (C=O) groups is 2. The molecule has 1 aromatic heterocycles. The number of thiophene rings is 1. The zero-order valence-electron chi connectivity index (χ0n) is 20.5. The normalized spacial score (nSPS) is 18.4. The number of rotatable bonds is 9. The van der Waals surface area contributed by atoms with E-state index in [1.54, 1.807) is 11.3 Å². The van der Waals surface area contributed by atoms with Gasteiger partial charge in [-0.2, -0.15) is 10.3 Å². The van der Waals surface area contributed by atoms with Crippen LogP contribution in [0.2, 0.25) is 0 Å². The second-order valence-electron chi connectivity index (χ2n) is 9.67. The van der Waals surface area contributed by atoms with E-state index in [1.165, 1.54) is 27.1 Å². The second kappa shape index (κ2) is 11.1.